The second-order valence-corrected chi connectivity index (χ2v) is 4.84. The third-order valence-electron chi connectivity index (χ3n) is 3.17. The minimum atomic E-state index is -5.08. The third-order valence-corrected chi connectivity index (χ3v) is 3.17. The van der Waals surface area contributed by atoms with Gasteiger partial charge in [0.05, 0.1) is 10.8 Å². The number of alkyl halides is 3. The number of amides is 2. The normalized spacial score (nSPS) is 20.8. The van der Waals surface area contributed by atoms with Crippen LogP contribution in [0.3, 0.4) is 0 Å². The summed E-state index contributed by atoms with van der Waals surface area (Å²) in [6, 6.07) is 0. The van der Waals surface area contributed by atoms with Crippen LogP contribution in [0.2, 0.25) is 0 Å². The predicted octanol–water partition coefficient (Wildman–Crippen LogP) is 1.33. The van der Waals surface area contributed by atoms with Crippen LogP contribution in [0.15, 0.2) is 0 Å². The highest BCUT2D eigenvalue weighted by Gasteiger charge is 2.54. The lowest BCUT2D eigenvalue weighted by molar-refractivity contribution is -0.192. The minimum Gasteiger partial charge on any atom is -0.475 e. The quantitative estimate of drug-likeness (QED) is 0.650. The van der Waals surface area contributed by atoms with Crippen LogP contribution in [0.25, 0.3) is 0 Å². The third kappa shape index (κ3) is 2.99. The van der Waals surface area contributed by atoms with Crippen LogP contribution >= 0.6 is 0 Å². The average molecular weight is 269 g/mol. The van der Waals surface area contributed by atoms with Crippen molar-refractivity contribution in [2.45, 2.75) is 33.9 Å². The van der Waals surface area contributed by atoms with Gasteiger partial charge in [0.2, 0.25) is 11.8 Å². The maximum atomic E-state index is 11.2. The first-order valence-corrected chi connectivity index (χ1v) is 4.90. The van der Waals surface area contributed by atoms with Crippen LogP contribution in [0, 0.1) is 10.8 Å². The van der Waals surface area contributed by atoms with Gasteiger partial charge in [-0.05, 0) is 27.7 Å². The summed E-state index contributed by atoms with van der Waals surface area (Å²) >= 11 is 0. The van der Waals surface area contributed by atoms with Gasteiger partial charge in [-0.3, -0.25) is 14.9 Å². The smallest absolute Gasteiger partial charge is 0.475 e. The van der Waals surface area contributed by atoms with Crippen molar-refractivity contribution < 1.29 is 32.7 Å². The molecule has 18 heavy (non-hydrogen) atoms. The zero-order valence-corrected chi connectivity index (χ0v) is 10.3. The molecule has 1 aliphatic heterocycles. The van der Waals surface area contributed by atoms with Crippen molar-refractivity contribution in [3.8, 4) is 0 Å². The van der Waals surface area contributed by atoms with Gasteiger partial charge in [0, 0.05) is 0 Å². The van der Waals surface area contributed by atoms with E-state index < -0.39 is 23.0 Å². The highest BCUT2D eigenvalue weighted by molar-refractivity contribution is 6.08. The largest absolute Gasteiger partial charge is 0.490 e. The lowest BCUT2D eigenvalue weighted by atomic mass is 9.70. The summed E-state index contributed by atoms with van der Waals surface area (Å²) in [7, 11) is 0. The Morgan fingerprint density at radius 2 is 1.28 bits per heavy atom. The summed E-state index contributed by atoms with van der Waals surface area (Å²) in [5, 5.41) is 9.44. The second kappa shape index (κ2) is 4.58. The number of hydrogen-bond donors (Lipinski definition) is 2. The van der Waals surface area contributed by atoms with Crippen LogP contribution in [-0.4, -0.2) is 29.1 Å². The van der Waals surface area contributed by atoms with E-state index in [0.29, 0.717) is 0 Å². The van der Waals surface area contributed by atoms with Crippen molar-refractivity contribution in [1.82, 2.24) is 5.32 Å². The molecule has 0 saturated carbocycles. The molecule has 2 amide bonds. The maximum absolute atomic E-state index is 11.2. The van der Waals surface area contributed by atoms with E-state index in [1.54, 1.807) is 27.7 Å². The van der Waals surface area contributed by atoms with Crippen molar-refractivity contribution in [1.29, 1.82) is 0 Å². The van der Waals surface area contributed by atoms with Crippen molar-refractivity contribution in [2.24, 2.45) is 10.8 Å². The van der Waals surface area contributed by atoms with Gasteiger partial charge in [-0.1, -0.05) is 0 Å². The fraction of sp³-hybridized carbons (Fsp3) is 0.700. The van der Waals surface area contributed by atoms with E-state index in [1.807, 2.05) is 0 Å². The predicted molar refractivity (Wildman–Crippen MR) is 54.4 cm³/mol. The first kappa shape index (κ1) is 16.4. The Bertz CT molecular complexity index is 361. The Labute approximate surface area is 101 Å². The summed E-state index contributed by atoms with van der Waals surface area (Å²) in [5.41, 5.74) is -1.16. The number of halogens is 3. The molecule has 0 aromatic carbocycles. The molecule has 2 N–H and O–H groups in total. The summed E-state index contributed by atoms with van der Waals surface area (Å²) in [5.74, 6) is -3.10. The molecule has 1 heterocycles. The van der Waals surface area contributed by atoms with Gasteiger partial charge in [0.15, 0.2) is 0 Å². The number of rotatable bonds is 0. The molecule has 0 bridgehead atoms. The van der Waals surface area contributed by atoms with E-state index in [4.69, 9.17) is 9.90 Å². The summed E-state index contributed by atoms with van der Waals surface area (Å²) in [6.07, 6.45) is -5.08. The Morgan fingerprint density at radius 1 is 1.06 bits per heavy atom. The number of nitrogens with one attached hydrogen (secondary N) is 1. The highest BCUT2D eigenvalue weighted by atomic mass is 19.4. The van der Waals surface area contributed by atoms with Gasteiger partial charge in [-0.25, -0.2) is 4.79 Å². The standard InChI is InChI=1S/C8H13NO2.C2HF3O2/c1-7(2)5(10)9-6(11)8(7,3)4;3-2(4,5)1(6)7/h1-4H3,(H,9,10,11);(H,6,7). The van der Waals surface area contributed by atoms with Crippen molar-refractivity contribution in [2.75, 3.05) is 0 Å². The molecule has 0 aromatic rings. The van der Waals surface area contributed by atoms with Crippen LogP contribution < -0.4 is 5.32 Å². The molecule has 1 saturated heterocycles. The van der Waals surface area contributed by atoms with Gasteiger partial charge in [0.25, 0.3) is 0 Å². The number of carboxylic acids is 1. The van der Waals surface area contributed by atoms with Gasteiger partial charge in [-0.15, -0.1) is 0 Å². The van der Waals surface area contributed by atoms with Crippen LogP contribution in [0.4, 0.5) is 13.2 Å². The first-order chi connectivity index (χ1) is 7.74. The molecule has 0 aromatic heterocycles. The molecule has 8 heteroatoms. The van der Waals surface area contributed by atoms with E-state index in [1.165, 1.54) is 0 Å². The summed E-state index contributed by atoms with van der Waals surface area (Å²) in [4.78, 5) is 31.3. The number of hydrogen-bond acceptors (Lipinski definition) is 3. The number of carboxylic acid groups (broad SMARTS) is 1. The van der Waals surface area contributed by atoms with Gasteiger partial charge >= 0.3 is 12.1 Å². The summed E-state index contributed by atoms with van der Waals surface area (Å²) in [6.45, 7) is 7.14. The van der Waals surface area contributed by atoms with Gasteiger partial charge in [0.1, 0.15) is 0 Å². The Hall–Kier alpha value is -1.60. The van der Waals surface area contributed by atoms with Crippen molar-refractivity contribution in [3.63, 3.8) is 0 Å². The van der Waals surface area contributed by atoms with Crippen LogP contribution in [0.1, 0.15) is 27.7 Å². The Balaban J connectivity index is 0.000000360. The van der Waals surface area contributed by atoms with Crippen LogP contribution in [-0.2, 0) is 14.4 Å². The second-order valence-electron chi connectivity index (χ2n) is 4.84. The fourth-order valence-corrected chi connectivity index (χ4v) is 0.983. The molecule has 1 aliphatic rings. The van der Waals surface area contributed by atoms with E-state index in [2.05, 4.69) is 5.32 Å². The monoisotopic (exact) mass is 269 g/mol. The average Bonchev–Trinajstić information content (AvgIpc) is 2.27. The topological polar surface area (TPSA) is 83.5 Å². The lowest BCUT2D eigenvalue weighted by Gasteiger charge is -2.28. The Kier molecular flexibility index (Phi) is 4.17. The number of carbonyl (C=O) groups is 3. The Morgan fingerprint density at radius 3 is 1.33 bits per heavy atom. The van der Waals surface area contributed by atoms with Crippen molar-refractivity contribution in [3.05, 3.63) is 0 Å². The van der Waals surface area contributed by atoms with Crippen molar-refractivity contribution >= 4 is 17.8 Å². The molecule has 0 radical (unpaired) electrons. The molecule has 0 unspecified atom stereocenters. The minimum absolute atomic E-state index is 0.174. The van der Waals surface area contributed by atoms with E-state index >= 15 is 0 Å². The molecule has 1 rings (SSSR count). The van der Waals surface area contributed by atoms with Gasteiger partial charge in [-0.2, -0.15) is 13.2 Å². The van der Waals surface area contributed by atoms with Gasteiger partial charge < -0.3 is 5.11 Å². The fourth-order valence-electron chi connectivity index (χ4n) is 0.983. The zero-order valence-electron chi connectivity index (χ0n) is 10.3. The molecule has 1 fully saturated rings. The molecular formula is C10H14F3NO4. The number of imide groups is 1. The lowest BCUT2D eigenvalue weighted by Crippen LogP contribution is -2.35. The van der Waals surface area contributed by atoms with Crippen LogP contribution in [0.5, 0.6) is 0 Å². The first-order valence-electron chi connectivity index (χ1n) is 4.90. The van der Waals surface area contributed by atoms with E-state index in [9.17, 15) is 22.8 Å². The molecule has 0 atom stereocenters. The molecule has 104 valence electrons. The van der Waals surface area contributed by atoms with E-state index in [-0.39, 0.29) is 11.8 Å². The maximum Gasteiger partial charge on any atom is 0.490 e. The number of carbonyl (C=O) groups excluding carboxylic acids is 2. The molecular weight excluding hydrogens is 255 g/mol. The number of aliphatic carboxylic acids is 1. The molecule has 5 nitrogen and oxygen atoms in total. The zero-order chi connectivity index (χ0) is 14.9. The summed E-state index contributed by atoms with van der Waals surface area (Å²) < 4.78 is 31.7. The highest BCUT2D eigenvalue weighted by Crippen LogP contribution is 2.42. The SMILES string of the molecule is CC1(C)C(=O)NC(=O)C1(C)C.O=C(O)C(F)(F)F. The molecule has 0 aliphatic carbocycles. The van der Waals surface area contributed by atoms with E-state index in [0.717, 1.165) is 0 Å². The molecule has 0 spiro atoms.